The van der Waals surface area contributed by atoms with Gasteiger partial charge in [-0.3, -0.25) is 0 Å². The minimum absolute atomic E-state index is 0.111. The first-order valence-corrected chi connectivity index (χ1v) is 5.16. The molecule has 0 fully saturated rings. The minimum Gasteiger partial charge on any atom is -0.438 e. The van der Waals surface area contributed by atoms with Crippen molar-refractivity contribution in [2.24, 2.45) is 0 Å². The van der Waals surface area contributed by atoms with Crippen LogP contribution in [0.3, 0.4) is 0 Å². The number of benzene rings is 1. The van der Waals surface area contributed by atoms with E-state index < -0.39 is 0 Å². The molecule has 2 aromatic rings. The number of nitrogen functional groups attached to an aromatic ring is 1. The van der Waals surface area contributed by atoms with Gasteiger partial charge >= 0.3 is 0 Å². The Kier molecular flexibility index (Phi) is 3.00. The zero-order chi connectivity index (χ0) is 11.5. The standard InChI is InChI=1S/C10H7BrFN3O/c11-8-5-14-10(13)15-9(8)16-7-3-1-6(12)2-4-7/h1-5H,(H2,13,14,15). The first-order valence-electron chi connectivity index (χ1n) is 4.36. The number of anilines is 1. The first kappa shape index (κ1) is 10.8. The van der Waals surface area contributed by atoms with E-state index >= 15 is 0 Å². The second-order valence-electron chi connectivity index (χ2n) is 2.94. The number of hydrogen-bond donors (Lipinski definition) is 1. The van der Waals surface area contributed by atoms with Crippen molar-refractivity contribution in [2.75, 3.05) is 5.73 Å². The monoisotopic (exact) mass is 283 g/mol. The SMILES string of the molecule is Nc1ncc(Br)c(Oc2ccc(F)cc2)n1. The Morgan fingerprint density at radius 1 is 1.25 bits per heavy atom. The van der Waals surface area contributed by atoms with Gasteiger partial charge in [0.2, 0.25) is 11.8 Å². The summed E-state index contributed by atoms with van der Waals surface area (Å²) in [5.74, 6) is 0.549. The van der Waals surface area contributed by atoms with Gasteiger partial charge in [0.25, 0.3) is 0 Å². The van der Waals surface area contributed by atoms with E-state index in [0.717, 1.165) is 0 Å². The second-order valence-corrected chi connectivity index (χ2v) is 3.79. The third-order valence-electron chi connectivity index (χ3n) is 1.76. The highest BCUT2D eigenvalue weighted by Gasteiger charge is 2.05. The largest absolute Gasteiger partial charge is 0.438 e. The lowest BCUT2D eigenvalue weighted by Gasteiger charge is -2.06. The molecule has 0 saturated carbocycles. The summed E-state index contributed by atoms with van der Waals surface area (Å²) < 4.78 is 18.6. The molecule has 4 nitrogen and oxygen atoms in total. The Balaban J connectivity index is 2.26. The highest BCUT2D eigenvalue weighted by molar-refractivity contribution is 9.10. The van der Waals surface area contributed by atoms with Crippen LogP contribution in [0, 0.1) is 5.82 Å². The molecule has 1 heterocycles. The minimum atomic E-state index is -0.325. The lowest BCUT2D eigenvalue weighted by Crippen LogP contribution is -1.97. The molecule has 0 aliphatic heterocycles. The molecule has 0 aliphatic carbocycles. The third kappa shape index (κ3) is 2.46. The van der Waals surface area contributed by atoms with Crippen molar-refractivity contribution >= 4 is 21.9 Å². The summed E-state index contributed by atoms with van der Waals surface area (Å²) in [6, 6.07) is 5.60. The van der Waals surface area contributed by atoms with E-state index in [0.29, 0.717) is 16.1 Å². The highest BCUT2D eigenvalue weighted by Crippen LogP contribution is 2.27. The van der Waals surface area contributed by atoms with E-state index in [1.807, 2.05) is 0 Å². The zero-order valence-electron chi connectivity index (χ0n) is 8.02. The summed E-state index contributed by atoms with van der Waals surface area (Å²) in [5, 5.41) is 0. The maximum Gasteiger partial charge on any atom is 0.238 e. The normalized spacial score (nSPS) is 10.1. The van der Waals surface area contributed by atoms with Crippen LogP contribution >= 0.6 is 15.9 Å². The maximum absolute atomic E-state index is 12.7. The van der Waals surface area contributed by atoms with Gasteiger partial charge in [-0.1, -0.05) is 0 Å². The van der Waals surface area contributed by atoms with Crippen LogP contribution in [0.4, 0.5) is 10.3 Å². The Bertz CT molecular complexity index is 504. The fourth-order valence-electron chi connectivity index (χ4n) is 1.05. The summed E-state index contributed by atoms with van der Waals surface area (Å²) in [5.41, 5.74) is 5.42. The highest BCUT2D eigenvalue weighted by atomic mass is 79.9. The van der Waals surface area contributed by atoms with Gasteiger partial charge in [0.15, 0.2) is 0 Å². The van der Waals surface area contributed by atoms with E-state index in [-0.39, 0.29) is 11.8 Å². The van der Waals surface area contributed by atoms with Crippen LogP contribution in [0.25, 0.3) is 0 Å². The predicted molar refractivity (Wildman–Crippen MR) is 60.6 cm³/mol. The lowest BCUT2D eigenvalue weighted by atomic mass is 10.3. The second kappa shape index (κ2) is 4.44. The van der Waals surface area contributed by atoms with Gasteiger partial charge in [0.1, 0.15) is 11.6 Å². The fourth-order valence-corrected chi connectivity index (χ4v) is 1.32. The molecule has 0 bridgehead atoms. The molecule has 2 rings (SSSR count). The van der Waals surface area contributed by atoms with Gasteiger partial charge < -0.3 is 10.5 Å². The van der Waals surface area contributed by atoms with Crippen molar-refractivity contribution < 1.29 is 9.13 Å². The van der Waals surface area contributed by atoms with Crippen molar-refractivity contribution in [3.05, 3.63) is 40.8 Å². The average Bonchev–Trinajstić information content (AvgIpc) is 2.27. The number of rotatable bonds is 2. The zero-order valence-corrected chi connectivity index (χ0v) is 9.61. The summed E-state index contributed by atoms with van der Waals surface area (Å²) in [7, 11) is 0. The average molecular weight is 284 g/mol. The van der Waals surface area contributed by atoms with Crippen molar-refractivity contribution in [1.29, 1.82) is 0 Å². The summed E-state index contributed by atoms with van der Waals surface area (Å²) in [6.07, 6.45) is 1.49. The summed E-state index contributed by atoms with van der Waals surface area (Å²) in [4.78, 5) is 7.67. The first-order chi connectivity index (χ1) is 7.65. The van der Waals surface area contributed by atoms with Gasteiger partial charge in [-0.15, -0.1) is 0 Å². The number of nitrogens with two attached hydrogens (primary N) is 1. The van der Waals surface area contributed by atoms with Crippen LogP contribution in [0.5, 0.6) is 11.6 Å². The number of ether oxygens (including phenoxy) is 1. The van der Waals surface area contributed by atoms with Crippen LogP contribution in [-0.2, 0) is 0 Å². The van der Waals surface area contributed by atoms with Gasteiger partial charge in [0.05, 0.1) is 10.7 Å². The van der Waals surface area contributed by atoms with Crippen LogP contribution in [0.1, 0.15) is 0 Å². The van der Waals surface area contributed by atoms with Gasteiger partial charge in [-0.25, -0.2) is 9.37 Å². The molecule has 1 aromatic carbocycles. The molecule has 16 heavy (non-hydrogen) atoms. The van der Waals surface area contributed by atoms with Crippen molar-refractivity contribution in [3.8, 4) is 11.6 Å². The molecule has 0 saturated heterocycles. The van der Waals surface area contributed by atoms with Crippen molar-refractivity contribution in [3.63, 3.8) is 0 Å². The molecule has 2 N–H and O–H groups in total. The number of aromatic nitrogens is 2. The Labute approximate surface area is 99.4 Å². The molecule has 0 aliphatic rings. The van der Waals surface area contributed by atoms with Crippen molar-refractivity contribution in [1.82, 2.24) is 9.97 Å². The van der Waals surface area contributed by atoms with Crippen molar-refractivity contribution in [2.45, 2.75) is 0 Å². The quantitative estimate of drug-likeness (QED) is 0.921. The topological polar surface area (TPSA) is 61.0 Å². The molecule has 0 unspecified atom stereocenters. The molecular formula is C10H7BrFN3O. The third-order valence-corrected chi connectivity index (χ3v) is 2.30. The molecule has 0 atom stereocenters. The van der Waals surface area contributed by atoms with Crippen LogP contribution in [-0.4, -0.2) is 9.97 Å². The van der Waals surface area contributed by atoms with E-state index in [1.54, 1.807) is 0 Å². The van der Waals surface area contributed by atoms with E-state index in [9.17, 15) is 4.39 Å². The Morgan fingerprint density at radius 2 is 1.94 bits per heavy atom. The smallest absolute Gasteiger partial charge is 0.238 e. The molecule has 0 radical (unpaired) electrons. The van der Waals surface area contributed by atoms with Crippen LogP contribution < -0.4 is 10.5 Å². The van der Waals surface area contributed by atoms with Gasteiger partial charge in [-0.05, 0) is 40.2 Å². The molecule has 0 amide bonds. The molecule has 0 spiro atoms. The maximum atomic E-state index is 12.7. The number of hydrogen-bond acceptors (Lipinski definition) is 4. The van der Waals surface area contributed by atoms with Gasteiger partial charge in [0, 0.05) is 0 Å². The number of halogens is 2. The van der Waals surface area contributed by atoms with E-state index in [4.69, 9.17) is 10.5 Å². The predicted octanol–water partition coefficient (Wildman–Crippen LogP) is 2.75. The Hall–Kier alpha value is -1.69. The molecule has 82 valence electrons. The number of nitrogens with zero attached hydrogens (tertiary/aromatic N) is 2. The van der Waals surface area contributed by atoms with Crippen LogP contribution in [0.2, 0.25) is 0 Å². The molecule has 1 aromatic heterocycles. The Morgan fingerprint density at radius 3 is 2.62 bits per heavy atom. The van der Waals surface area contributed by atoms with E-state index in [1.165, 1.54) is 30.5 Å². The van der Waals surface area contributed by atoms with E-state index in [2.05, 4.69) is 25.9 Å². The van der Waals surface area contributed by atoms with Gasteiger partial charge in [-0.2, -0.15) is 4.98 Å². The summed E-state index contributed by atoms with van der Waals surface area (Å²) in [6.45, 7) is 0. The van der Waals surface area contributed by atoms with Crippen LogP contribution in [0.15, 0.2) is 34.9 Å². The lowest BCUT2D eigenvalue weighted by molar-refractivity contribution is 0.457. The fraction of sp³-hybridized carbons (Fsp3) is 0. The summed E-state index contributed by atoms with van der Waals surface area (Å²) >= 11 is 3.22. The molecular weight excluding hydrogens is 277 g/mol. The molecule has 6 heteroatoms.